The van der Waals surface area contributed by atoms with Crippen molar-refractivity contribution in [3.63, 3.8) is 0 Å². The minimum Gasteiger partial charge on any atom is -0.338 e. The second-order valence-electron chi connectivity index (χ2n) is 7.42. The number of hydrogen-bond acceptors (Lipinski definition) is 4. The fraction of sp³-hybridized carbons (Fsp3) is 0.722. The maximum Gasteiger partial charge on any atom is 0.245 e. The third-order valence-corrected chi connectivity index (χ3v) is 5.26. The summed E-state index contributed by atoms with van der Waals surface area (Å²) in [5.74, 6) is -0.672. The van der Waals surface area contributed by atoms with Gasteiger partial charge in [0.25, 0.3) is 0 Å². The van der Waals surface area contributed by atoms with E-state index in [-0.39, 0.29) is 35.5 Å². The molecule has 0 spiro atoms. The minimum atomic E-state index is -0.645. The Morgan fingerprint density at radius 1 is 1.12 bits per heavy atom. The van der Waals surface area contributed by atoms with E-state index >= 15 is 0 Å². The lowest BCUT2D eigenvalue weighted by Crippen LogP contribution is -2.55. The molecule has 2 heterocycles. The number of amides is 3. The largest absolute Gasteiger partial charge is 0.338 e. The fourth-order valence-electron chi connectivity index (χ4n) is 3.99. The number of carbonyl (C=O) groups excluding carboxylic acids is 3. The lowest BCUT2D eigenvalue weighted by atomic mass is 9.85. The first-order valence-corrected chi connectivity index (χ1v) is 9.02. The third-order valence-electron chi connectivity index (χ3n) is 5.26. The molecule has 2 fully saturated rings. The maximum absolute atomic E-state index is 13.1. The number of nitrogens with zero attached hydrogens (tertiary/aromatic N) is 2. The van der Waals surface area contributed by atoms with Crippen molar-refractivity contribution in [2.45, 2.75) is 39.2 Å². The Hall–Kier alpha value is -1.69. The Morgan fingerprint density at radius 2 is 1.67 bits per heavy atom. The number of hydrogen-bond donors (Lipinski definition) is 1. The number of piperazine rings is 1. The van der Waals surface area contributed by atoms with Crippen LogP contribution in [0, 0.1) is 17.8 Å². The first-order valence-electron chi connectivity index (χ1n) is 9.02. The van der Waals surface area contributed by atoms with Gasteiger partial charge in [-0.25, -0.2) is 0 Å². The van der Waals surface area contributed by atoms with Crippen molar-refractivity contribution in [3.05, 3.63) is 12.2 Å². The van der Waals surface area contributed by atoms with E-state index in [9.17, 15) is 14.4 Å². The Labute approximate surface area is 143 Å². The molecule has 3 rings (SSSR count). The van der Waals surface area contributed by atoms with Gasteiger partial charge in [0.05, 0.1) is 11.8 Å². The van der Waals surface area contributed by atoms with Crippen LogP contribution < -0.4 is 5.32 Å². The first kappa shape index (κ1) is 17.1. The summed E-state index contributed by atoms with van der Waals surface area (Å²) in [4.78, 5) is 41.9. The number of likely N-dealkylation sites (tertiary alicyclic amines) is 1. The van der Waals surface area contributed by atoms with Crippen molar-refractivity contribution in [2.75, 3.05) is 26.2 Å². The molecule has 0 aromatic rings. The van der Waals surface area contributed by atoms with Crippen molar-refractivity contribution in [3.8, 4) is 0 Å². The van der Waals surface area contributed by atoms with E-state index in [0.29, 0.717) is 32.4 Å². The molecule has 6 nitrogen and oxygen atoms in total. The predicted octanol–water partition coefficient (Wildman–Crippen LogP) is 0.784. The Morgan fingerprint density at radius 3 is 2.17 bits per heavy atom. The number of fused-ring (bicyclic) bond motifs is 1. The number of rotatable bonds is 4. The van der Waals surface area contributed by atoms with Gasteiger partial charge in [0, 0.05) is 26.2 Å². The monoisotopic (exact) mass is 333 g/mol. The molecule has 6 heteroatoms. The van der Waals surface area contributed by atoms with Crippen LogP contribution >= 0.6 is 0 Å². The summed E-state index contributed by atoms with van der Waals surface area (Å²) in [6.45, 7) is 6.85. The molecular weight excluding hydrogens is 306 g/mol. The van der Waals surface area contributed by atoms with Gasteiger partial charge in [-0.3, -0.25) is 19.3 Å². The van der Waals surface area contributed by atoms with Crippen molar-refractivity contribution in [1.82, 2.24) is 15.1 Å². The number of carbonyl (C=O) groups is 3. The van der Waals surface area contributed by atoms with E-state index in [1.807, 2.05) is 26.0 Å². The van der Waals surface area contributed by atoms with Crippen LogP contribution in [0.4, 0.5) is 0 Å². The maximum atomic E-state index is 13.1. The quantitative estimate of drug-likeness (QED) is 0.610. The van der Waals surface area contributed by atoms with Crippen LogP contribution in [0.25, 0.3) is 0 Å². The first-order chi connectivity index (χ1) is 11.5. The van der Waals surface area contributed by atoms with Crippen molar-refractivity contribution in [2.24, 2.45) is 17.8 Å². The molecule has 3 amide bonds. The summed E-state index contributed by atoms with van der Waals surface area (Å²) in [6, 6.07) is -0.645. The zero-order valence-electron chi connectivity index (χ0n) is 14.5. The zero-order chi connectivity index (χ0) is 17.3. The molecule has 1 aliphatic carbocycles. The van der Waals surface area contributed by atoms with Crippen LogP contribution in [-0.2, 0) is 14.4 Å². The van der Waals surface area contributed by atoms with Crippen LogP contribution in [0.15, 0.2) is 12.2 Å². The van der Waals surface area contributed by atoms with Crippen molar-refractivity contribution < 1.29 is 14.4 Å². The molecule has 0 aromatic carbocycles. The van der Waals surface area contributed by atoms with Gasteiger partial charge in [-0.05, 0) is 25.2 Å². The smallest absolute Gasteiger partial charge is 0.245 e. The lowest BCUT2D eigenvalue weighted by Gasteiger charge is -2.34. The highest BCUT2D eigenvalue weighted by molar-refractivity contribution is 6.08. The highest BCUT2D eigenvalue weighted by Gasteiger charge is 2.51. The standard InChI is InChI=1S/C18H27N3O3/c1-12(2)11-15(18(24)20-9-7-19-8-10-20)21-16(22)13-5-3-4-6-14(13)17(21)23/h3-4,12-15,19H,5-11H2,1-2H3. The molecular formula is C18H27N3O3. The van der Waals surface area contributed by atoms with Gasteiger partial charge in [-0.1, -0.05) is 26.0 Å². The molecule has 0 bridgehead atoms. The second-order valence-corrected chi connectivity index (χ2v) is 7.42. The topological polar surface area (TPSA) is 69.7 Å². The summed E-state index contributed by atoms with van der Waals surface area (Å²) in [5, 5.41) is 3.23. The van der Waals surface area contributed by atoms with E-state index in [0.717, 1.165) is 13.1 Å². The van der Waals surface area contributed by atoms with E-state index in [4.69, 9.17) is 0 Å². The molecule has 2 aliphatic heterocycles. The molecule has 3 unspecified atom stereocenters. The number of allylic oxidation sites excluding steroid dienone is 2. The molecule has 2 saturated heterocycles. The second kappa shape index (κ2) is 7.05. The summed E-state index contributed by atoms with van der Waals surface area (Å²) in [7, 11) is 0. The predicted molar refractivity (Wildman–Crippen MR) is 89.9 cm³/mol. The lowest BCUT2D eigenvalue weighted by molar-refractivity contribution is -0.152. The highest BCUT2D eigenvalue weighted by atomic mass is 16.2. The van der Waals surface area contributed by atoms with Gasteiger partial charge in [0.2, 0.25) is 17.7 Å². The van der Waals surface area contributed by atoms with E-state index in [1.165, 1.54) is 4.90 Å². The van der Waals surface area contributed by atoms with Gasteiger partial charge >= 0.3 is 0 Å². The zero-order valence-corrected chi connectivity index (χ0v) is 14.5. The molecule has 3 aliphatic rings. The molecule has 3 atom stereocenters. The summed E-state index contributed by atoms with van der Waals surface area (Å²) in [5.41, 5.74) is 0. The van der Waals surface area contributed by atoms with E-state index < -0.39 is 6.04 Å². The van der Waals surface area contributed by atoms with Gasteiger partial charge in [0.15, 0.2) is 0 Å². The average Bonchev–Trinajstić information content (AvgIpc) is 2.84. The Balaban J connectivity index is 1.84. The summed E-state index contributed by atoms with van der Waals surface area (Å²) >= 11 is 0. The van der Waals surface area contributed by atoms with Crippen LogP contribution in [0.5, 0.6) is 0 Å². The van der Waals surface area contributed by atoms with Crippen LogP contribution in [-0.4, -0.2) is 59.7 Å². The highest BCUT2D eigenvalue weighted by Crippen LogP contribution is 2.37. The SMILES string of the molecule is CC(C)CC(C(=O)N1CCNCC1)N1C(=O)C2CC=CCC2C1=O. The van der Waals surface area contributed by atoms with Gasteiger partial charge in [0.1, 0.15) is 6.04 Å². The molecule has 0 radical (unpaired) electrons. The van der Waals surface area contributed by atoms with Crippen LogP contribution in [0.3, 0.4) is 0 Å². The summed E-state index contributed by atoms with van der Waals surface area (Å²) in [6.07, 6.45) is 5.72. The van der Waals surface area contributed by atoms with Crippen molar-refractivity contribution in [1.29, 1.82) is 0 Å². The average molecular weight is 333 g/mol. The molecule has 0 aromatic heterocycles. The third kappa shape index (κ3) is 3.11. The number of nitrogens with one attached hydrogen (secondary N) is 1. The molecule has 24 heavy (non-hydrogen) atoms. The normalized spacial score (nSPS) is 28.5. The Bertz CT molecular complexity index is 526. The minimum absolute atomic E-state index is 0.0708. The Kier molecular flexibility index (Phi) is 5.04. The number of imide groups is 1. The fourth-order valence-corrected chi connectivity index (χ4v) is 3.99. The molecule has 1 N–H and O–H groups in total. The summed E-state index contributed by atoms with van der Waals surface area (Å²) < 4.78 is 0. The van der Waals surface area contributed by atoms with Gasteiger partial charge in [-0.15, -0.1) is 0 Å². The molecule has 0 saturated carbocycles. The van der Waals surface area contributed by atoms with Crippen molar-refractivity contribution >= 4 is 17.7 Å². The molecule has 132 valence electrons. The van der Waals surface area contributed by atoms with E-state index in [1.54, 1.807) is 4.90 Å². The van der Waals surface area contributed by atoms with Crippen LogP contribution in [0.1, 0.15) is 33.1 Å². The van der Waals surface area contributed by atoms with E-state index in [2.05, 4.69) is 5.32 Å². The van der Waals surface area contributed by atoms with Crippen LogP contribution in [0.2, 0.25) is 0 Å². The van der Waals surface area contributed by atoms with Gasteiger partial charge < -0.3 is 10.2 Å². The van der Waals surface area contributed by atoms with Gasteiger partial charge in [-0.2, -0.15) is 0 Å².